The fraction of sp³-hybridized carbons (Fsp3) is 0.200. The van der Waals surface area contributed by atoms with E-state index in [0.29, 0.717) is 21.9 Å². The van der Waals surface area contributed by atoms with Crippen LogP contribution < -0.4 is 5.32 Å². The van der Waals surface area contributed by atoms with Crippen LogP contribution in [0.3, 0.4) is 0 Å². The molecule has 0 fully saturated rings. The van der Waals surface area contributed by atoms with Gasteiger partial charge in [-0.3, -0.25) is 4.98 Å². The summed E-state index contributed by atoms with van der Waals surface area (Å²) in [7, 11) is 1.73. The van der Waals surface area contributed by atoms with Gasteiger partial charge in [0.15, 0.2) is 5.01 Å². The van der Waals surface area contributed by atoms with Crippen LogP contribution in [-0.4, -0.2) is 17.0 Å². The number of aromatic nitrogens is 2. The molecule has 2 aromatic heterocycles. The second-order valence-corrected chi connectivity index (χ2v) is 4.24. The first-order valence-corrected chi connectivity index (χ1v) is 5.49. The van der Waals surface area contributed by atoms with E-state index in [2.05, 4.69) is 15.3 Å². The van der Waals surface area contributed by atoms with Crippen molar-refractivity contribution in [3.05, 3.63) is 29.5 Å². The van der Waals surface area contributed by atoms with Crippen molar-refractivity contribution in [2.75, 3.05) is 12.4 Å². The van der Waals surface area contributed by atoms with Crippen LogP contribution >= 0.6 is 11.3 Å². The Balaban J connectivity index is 2.37. The largest absolute Gasteiger partial charge is 0.443 e. The lowest BCUT2D eigenvalue weighted by molar-refractivity contribution is -0.137. The summed E-state index contributed by atoms with van der Waals surface area (Å²) in [6, 6.07) is 3.41. The molecule has 0 atom stereocenters. The van der Waals surface area contributed by atoms with Gasteiger partial charge in [-0.2, -0.15) is 13.2 Å². The normalized spacial score (nSPS) is 11.5. The summed E-state index contributed by atoms with van der Waals surface area (Å²) >= 11 is 0.586. The summed E-state index contributed by atoms with van der Waals surface area (Å²) in [5, 5.41) is 2.04. The lowest BCUT2D eigenvalue weighted by atomic mass is 10.3. The van der Waals surface area contributed by atoms with Gasteiger partial charge in [0.25, 0.3) is 0 Å². The molecule has 0 saturated carbocycles. The molecule has 0 aliphatic heterocycles. The van der Waals surface area contributed by atoms with Gasteiger partial charge < -0.3 is 5.32 Å². The van der Waals surface area contributed by atoms with Crippen LogP contribution in [0.4, 0.5) is 18.9 Å². The number of hydrogen-bond acceptors (Lipinski definition) is 4. The fourth-order valence-electron chi connectivity index (χ4n) is 1.24. The van der Waals surface area contributed by atoms with Crippen LogP contribution in [-0.2, 0) is 6.18 Å². The van der Waals surface area contributed by atoms with Gasteiger partial charge >= 0.3 is 6.18 Å². The van der Waals surface area contributed by atoms with Crippen molar-refractivity contribution < 1.29 is 13.2 Å². The molecule has 0 radical (unpaired) electrons. The van der Waals surface area contributed by atoms with E-state index < -0.39 is 11.2 Å². The second-order valence-electron chi connectivity index (χ2n) is 3.21. The summed E-state index contributed by atoms with van der Waals surface area (Å²) < 4.78 is 37.1. The maximum absolute atomic E-state index is 12.4. The Hall–Kier alpha value is -1.63. The number of halogens is 3. The molecule has 2 heterocycles. The molecule has 7 heteroatoms. The van der Waals surface area contributed by atoms with Crippen molar-refractivity contribution >= 4 is 17.0 Å². The van der Waals surface area contributed by atoms with Crippen molar-refractivity contribution in [1.29, 1.82) is 0 Å². The maximum Gasteiger partial charge on any atom is 0.443 e. The number of hydrogen-bond donors (Lipinski definition) is 1. The van der Waals surface area contributed by atoms with E-state index in [0.717, 1.165) is 5.69 Å². The SMILES string of the molecule is CNc1ccnc(-c2cnc(C(F)(F)F)s2)c1. The topological polar surface area (TPSA) is 37.8 Å². The van der Waals surface area contributed by atoms with E-state index in [9.17, 15) is 13.2 Å². The van der Waals surface area contributed by atoms with Crippen LogP contribution in [0.25, 0.3) is 10.6 Å². The highest BCUT2D eigenvalue weighted by molar-refractivity contribution is 7.15. The third-order valence-electron chi connectivity index (χ3n) is 2.05. The lowest BCUT2D eigenvalue weighted by Crippen LogP contribution is -2.02. The summed E-state index contributed by atoms with van der Waals surface area (Å²) in [6.07, 6.45) is -1.67. The van der Waals surface area contributed by atoms with Crippen molar-refractivity contribution in [2.45, 2.75) is 6.18 Å². The van der Waals surface area contributed by atoms with Crippen molar-refractivity contribution in [3.63, 3.8) is 0 Å². The Bertz CT molecular complexity index is 522. The molecular formula is C10H8F3N3S. The van der Waals surface area contributed by atoms with Crippen molar-refractivity contribution in [3.8, 4) is 10.6 Å². The van der Waals surface area contributed by atoms with Gasteiger partial charge in [0.1, 0.15) is 0 Å². The molecule has 0 bridgehead atoms. The average molecular weight is 259 g/mol. The fourth-order valence-corrected chi connectivity index (χ4v) is 2.00. The van der Waals surface area contributed by atoms with Gasteiger partial charge in [-0.05, 0) is 12.1 Å². The van der Waals surface area contributed by atoms with Crippen LogP contribution in [0.15, 0.2) is 24.5 Å². The summed E-state index contributed by atoms with van der Waals surface area (Å²) in [6.45, 7) is 0. The summed E-state index contributed by atoms with van der Waals surface area (Å²) in [4.78, 5) is 7.77. The third kappa shape index (κ3) is 2.55. The van der Waals surface area contributed by atoms with Gasteiger partial charge in [-0.25, -0.2) is 4.98 Å². The number of nitrogens with zero attached hydrogens (tertiary/aromatic N) is 2. The Morgan fingerprint density at radius 3 is 2.65 bits per heavy atom. The molecule has 0 aromatic carbocycles. The van der Waals surface area contributed by atoms with E-state index >= 15 is 0 Å². The van der Waals surface area contributed by atoms with Gasteiger partial charge in [-0.1, -0.05) is 0 Å². The third-order valence-corrected chi connectivity index (χ3v) is 3.11. The molecule has 3 nitrogen and oxygen atoms in total. The Labute approximate surface area is 99.3 Å². The minimum Gasteiger partial charge on any atom is -0.388 e. The molecule has 0 spiro atoms. The Morgan fingerprint density at radius 2 is 2.06 bits per heavy atom. The lowest BCUT2D eigenvalue weighted by Gasteiger charge is -2.01. The van der Waals surface area contributed by atoms with Crippen LogP contribution in [0.1, 0.15) is 5.01 Å². The molecule has 17 heavy (non-hydrogen) atoms. The molecule has 0 unspecified atom stereocenters. The van der Waals surface area contributed by atoms with E-state index in [-0.39, 0.29) is 0 Å². The molecule has 2 aromatic rings. The first-order valence-electron chi connectivity index (χ1n) is 4.68. The van der Waals surface area contributed by atoms with E-state index in [1.807, 2.05) is 0 Å². The monoisotopic (exact) mass is 259 g/mol. The zero-order valence-electron chi connectivity index (χ0n) is 8.75. The minimum absolute atomic E-state index is 0.398. The highest BCUT2D eigenvalue weighted by Gasteiger charge is 2.34. The molecule has 0 aliphatic rings. The number of alkyl halides is 3. The number of nitrogens with one attached hydrogen (secondary N) is 1. The number of thiazole rings is 1. The molecule has 0 aliphatic carbocycles. The standard InChI is InChI=1S/C10H8F3N3S/c1-14-6-2-3-15-7(4-6)8-5-16-9(17-8)10(11,12)13/h2-5H,1H3,(H,14,15). The van der Waals surface area contributed by atoms with Crippen molar-refractivity contribution in [1.82, 2.24) is 9.97 Å². The predicted molar refractivity (Wildman–Crippen MR) is 59.9 cm³/mol. The number of anilines is 1. The minimum atomic E-state index is -4.40. The van der Waals surface area contributed by atoms with Crippen LogP contribution in [0.2, 0.25) is 0 Å². The van der Waals surface area contributed by atoms with Gasteiger partial charge in [0, 0.05) is 25.1 Å². The highest BCUT2D eigenvalue weighted by atomic mass is 32.1. The summed E-state index contributed by atoms with van der Waals surface area (Å²) in [5.74, 6) is 0. The van der Waals surface area contributed by atoms with E-state index in [1.54, 1.807) is 19.2 Å². The molecule has 1 N–H and O–H groups in total. The van der Waals surface area contributed by atoms with Crippen molar-refractivity contribution in [2.24, 2.45) is 0 Å². The first kappa shape index (κ1) is 11.8. The molecule has 90 valence electrons. The van der Waals surface area contributed by atoms with Gasteiger partial charge in [0.2, 0.25) is 0 Å². The van der Waals surface area contributed by atoms with Crippen LogP contribution in [0.5, 0.6) is 0 Å². The molecule has 0 amide bonds. The predicted octanol–water partition coefficient (Wildman–Crippen LogP) is 3.27. The highest BCUT2D eigenvalue weighted by Crippen LogP contribution is 2.35. The Kier molecular flexibility index (Phi) is 3.01. The number of rotatable bonds is 2. The number of pyridine rings is 1. The molecule has 0 saturated heterocycles. The zero-order chi connectivity index (χ0) is 12.5. The van der Waals surface area contributed by atoms with E-state index in [1.165, 1.54) is 12.4 Å². The average Bonchev–Trinajstić information content (AvgIpc) is 2.78. The summed E-state index contributed by atoms with van der Waals surface area (Å²) in [5.41, 5.74) is 1.27. The van der Waals surface area contributed by atoms with Gasteiger partial charge in [-0.15, -0.1) is 11.3 Å². The molecular weight excluding hydrogens is 251 g/mol. The second kappa shape index (κ2) is 4.33. The smallest absolute Gasteiger partial charge is 0.388 e. The quantitative estimate of drug-likeness (QED) is 0.899. The van der Waals surface area contributed by atoms with E-state index in [4.69, 9.17) is 0 Å². The van der Waals surface area contributed by atoms with Crippen LogP contribution in [0, 0.1) is 0 Å². The van der Waals surface area contributed by atoms with Gasteiger partial charge in [0.05, 0.1) is 10.6 Å². The maximum atomic E-state index is 12.4. The zero-order valence-corrected chi connectivity index (χ0v) is 9.56. The molecule has 2 rings (SSSR count). The Morgan fingerprint density at radius 1 is 1.29 bits per heavy atom. The first-order chi connectivity index (χ1) is 8.00.